The van der Waals surface area contributed by atoms with Gasteiger partial charge < -0.3 is 5.11 Å². The fourth-order valence-electron chi connectivity index (χ4n) is 2.66. The molecular formula is C17H16O3S2. The molecule has 2 aromatic carbocycles. The van der Waals surface area contributed by atoms with Crippen LogP contribution in [0.1, 0.15) is 16.7 Å². The predicted octanol–water partition coefficient (Wildman–Crippen LogP) is 3.48. The normalized spacial score (nSPS) is 11.4. The highest BCUT2D eigenvalue weighted by Gasteiger charge is 2.10. The Balaban J connectivity index is 2.11. The molecule has 22 heavy (non-hydrogen) atoms. The maximum Gasteiger partial charge on any atom is 0.144 e. The summed E-state index contributed by atoms with van der Waals surface area (Å²) in [5.74, 6) is 0.0789. The molecule has 1 aromatic heterocycles. The van der Waals surface area contributed by atoms with Gasteiger partial charge in [0.1, 0.15) is 10.7 Å². The van der Waals surface area contributed by atoms with Crippen LogP contribution in [0.2, 0.25) is 0 Å². The van der Waals surface area contributed by atoms with Crippen LogP contribution in [0.25, 0.3) is 21.2 Å². The molecule has 0 atom stereocenters. The molecule has 0 fully saturated rings. The molecule has 0 saturated carbocycles. The third-order valence-corrected chi connectivity index (χ3v) is 5.30. The second-order valence-electron chi connectivity index (χ2n) is 5.28. The van der Waals surface area contributed by atoms with Gasteiger partial charge in [-0.2, -0.15) is 0 Å². The van der Waals surface area contributed by atoms with Gasteiger partial charge in [-0.1, -0.05) is 24.3 Å². The lowest BCUT2D eigenvalue weighted by Gasteiger charge is -2.07. The summed E-state index contributed by atoms with van der Waals surface area (Å²) in [6.07, 6.45) is 0. The summed E-state index contributed by atoms with van der Waals surface area (Å²) in [5.41, 5.74) is 5.00. The Kier molecular flexibility index (Phi) is 4.29. The third kappa shape index (κ3) is 2.92. The van der Waals surface area contributed by atoms with Crippen molar-refractivity contribution in [1.82, 2.24) is 0 Å². The van der Waals surface area contributed by atoms with Crippen LogP contribution in [-0.2, 0) is 23.1 Å². The van der Waals surface area contributed by atoms with Crippen LogP contribution in [0.4, 0.5) is 0 Å². The number of aliphatic hydroxyl groups excluding tert-OH is 1. The first-order chi connectivity index (χ1) is 10.6. The van der Waals surface area contributed by atoms with E-state index in [2.05, 4.69) is 5.38 Å². The standard InChI is InChI=1S/C17H16O3S2/c1-11-6-13(10-22(19)20)2-4-14(11)16-9-21-17-5-3-12(8-18)7-15(16)17/h2-7,9,18,22H,8,10H2,1H3. The largest absolute Gasteiger partial charge is 0.392 e. The van der Waals surface area contributed by atoms with Crippen molar-refractivity contribution in [3.05, 3.63) is 58.5 Å². The average Bonchev–Trinajstić information content (AvgIpc) is 2.89. The van der Waals surface area contributed by atoms with Gasteiger partial charge >= 0.3 is 0 Å². The molecule has 0 unspecified atom stereocenters. The van der Waals surface area contributed by atoms with Crippen LogP contribution in [0.5, 0.6) is 0 Å². The van der Waals surface area contributed by atoms with Gasteiger partial charge in [-0.3, -0.25) is 0 Å². The summed E-state index contributed by atoms with van der Waals surface area (Å²) < 4.78 is 22.9. The van der Waals surface area contributed by atoms with E-state index in [4.69, 9.17) is 0 Å². The number of benzene rings is 2. The lowest BCUT2D eigenvalue weighted by molar-refractivity contribution is 0.282. The second kappa shape index (κ2) is 6.20. The molecule has 114 valence electrons. The molecule has 0 aliphatic heterocycles. The van der Waals surface area contributed by atoms with Crippen molar-refractivity contribution in [2.24, 2.45) is 0 Å². The molecule has 0 aliphatic carbocycles. The third-order valence-electron chi connectivity index (χ3n) is 3.71. The highest BCUT2D eigenvalue weighted by molar-refractivity contribution is 7.71. The number of rotatable bonds is 4. The molecule has 3 rings (SSSR count). The highest BCUT2D eigenvalue weighted by Crippen LogP contribution is 2.36. The van der Waals surface area contributed by atoms with E-state index in [0.717, 1.165) is 33.2 Å². The van der Waals surface area contributed by atoms with E-state index >= 15 is 0 Å². The number of hydrogen-bond acceptors (Lipinski definition) is 4. The Morgan fingerprint density at radius 2 is 1.82 bits per heavy atom. The van der Waals surface area contributed by atoms with E-state index in [0.29, 0.717) is 0 Å². The zero-order valence-electron chi connectivity index (χ0n) is 12.1. The Bertz CT molecular complexity index is 899. The first kappa shape index (κ1) is 15.2. The average molecular weight is 332 g/mol. The molecule has 3 aromatic rings. The maximum absolute atomic E-state index is 10.9. The zero-order chi connectivity index (χ0) is 15.7. The van der Waals surface area contributed by atoms with Gasteiger partial charge in [-0.05, 0) is 46.7 Å². The van der Waals surface area contributed by atoms with Crippen molar-refractivity contribution >= 4 is 32.1 Å². The van der Waals surface area contributed by atoms with Gasteiger partial charge in [0.25, 0.3) is 0 Å². The molecule has 0 amide bonds. The first-order valence-electron chi connectivity index (χ1n) is 6.91. The van der Waals surface area contributed by atoms with Crippen LogP contribution in [0.3, 0.4) is 0 Å². The predicted molar refractivity (Wildman–Crippen MR) is 91.9 cm³/mol. The summed E-state index contributed by atoms with van der Waals surface area (Å²) in [4.78, 5) is 0. The van der Waals surface area contributed by atoms with Crippen molar-refractivity contribution in [3.8, 4) is 11.1 Å². The highest BCUT2D eigenvalue weighted by atomic mass is 32.2. The van der Waals surface area contributed by atoms with Crippen molar-refractivity contribution in [1.29, 1.82) is 0 Å². The van der Waals surface area contributed by atoms with Crippen LogP contribution in [0.15, 0.2) is 41.8 Å². The van der Waals surface area contributed by atoms with E-state index in [1.807, 2.05) is 43.3 Å². The van der Waals surface area contributed by atoms with Gasteiger partial charge in [0, 0.05) is 15.6 Å². The fourth-order valence-corrected chi connectivity index (χ4v) is 4.09. The number of hydrogen-bond donors (Lipinski definition) is 2. The molecule has 0 bridgehead atoms. The van der Waals surface area contributed by atoms with Crippen LogP contribution >= 0.6 is 11.3 Å². The van der Waals surface area contributed by atoms with E-state index in [9.17, 15) is 13.5 Å². The molecule has 0 radical (unpaired) electrons. The molecule has 0 saturated heterocycles. The van der Waals surface area contributed by atoms with Crippen molar-refractivity contribution in [3.63, 3.8) is 0 Å². The second-order valence-corrected chi connectivity index (χ2v) is 7.17. The lowest BCUT2D eigenvalue weighted by atomic mass is 9.97. The monoisotopic (exact) mass is 332 g/mol. The number of aliphatic hydroxyl groups is 1. The van der Waals surface area contributed by atoms with Crippen LogP contribution < -0.4 is 0 Å². The van der Waals surface area contributed by atoms with Crippen LogP contribution in [-0.4, -0.2) is 13.5 Å². The van der Waals surface area contributed by atoms with E-state index in [1.165, 1.54) is 4.70 Å². The molecular weight excluding hydrogens is 316 g/mol. The van der Waals surface area contributed by atoms with Crippen molar-refractivity contribution in [2.75, 3.05) is 0 Å². The van der Waals surface area contributed by atoms with Crippen molar-refractivity contribution in [2.45, 2.75) is 19.3 Å². The molecule has 3 nitrogen and oxygen atoms in total. The van der Waals surface area contributed by atoms with E-state index in [-0.39, 0.29) is 12.4 Å². The van der Waals surface area contributed by atoms with Gasteiger partial charge in [-0.15, -0.1) is 11.3 Å². The lowest BCUT2D eigenvalue weighted by Crippen LogP contribution is -1.90. The molecule has 0 spiro atoms. The number of fused-ring (bicyclic) bond motifs is 1. The van der Waals surface area contributed by atoms with Crippen molar-refractivity contribution < 1.29 is 13.5 Å². The topological polar surface area (TPSA) is 54.4 Å². The fraction of sp³-hybridized carbons (Fsp3) is 0.176. The summed E-state index contributed by atoms with van der Waals surface area (Å²) in [6.45, 7) is 2.02. The smallest absolute Gasteiger partial charge is 0.144 e. The van der Waals surface area contributed by atoms with Gasteiger partial charge in [0.15, 0.2) is 0 Å². The minimum atomic E-state index is -2.40. The maximum atomic E-state index is 10.9. The molecule has 1 heterocycles. The SMILES string of the molecule is Cc1cc(C[SH](=O)=O)ccc1-c1csc2ccc(CO)cc12. The summed E-state index contributed by atoms with van der Waals surface area (Å²) >= 11 is 1.67. The number of thiophene rings is 1. The van der Waals surface area contributed by atoms with Gasteiger partial charge in [0.2, 0.25) is 0 Å². The zero-order valence-corrected chi connectivity index (χ0v) is 13.8. The summed E-state index contributed by atoms with van der Waals surface area (Å²) in [7, 11) is -2.40. The van der Waals surface area contributed by atoms with Gasteiger partial charge in [-0.25, -0.2) is 8.42 Å². The Labute approximate surface area is 134 Å². The van der Waals surface area contributed by atoms with Crippen LogP contribution in [0, 0.1) is 6.92 Å². The number of thiol groups is 1. The van der Waals surface area contributed by atoms with E-state index < -0.39 is 10.7 Å². The quantitative estimate of drug-likeness (QED) is 0.719. The molecule has 5 heteroatoms. The first-order valence-corrected chi connectivity index (χ1v) is 9.15. The summed E-state index contributed by atoms with van der Waals surface area (Å²) in [5, 5.41) is 12.6. The Hall–Kier alpha value is -1.69. The minimum Gasteiger partial charge on any atom is -0.392 e. The molecule has 0 aliphatic rings. The Morgan fingerprint density at radius 1 is 1.05 bits per heavy atom. The Morgan fingerprint density at radius 3 is 2.50 bits per heavy atom. The van der Waals surface area contributed by atoms with E-state index in [1.54, 1.807) is 11.3 Å². The van der Waals surface area contributed by atoms with Gasteiger partial charge in [0.05, 0.1) is 12.4 Å². The molecule has 1 N–H and O–H groups in total. The number of aryl methyl sites for hydroxylation is 1. The summed E-state index contributed by atoms with van der Waals surface area (Å²) in [6, 6.07) is 11.8. The minimum absolute atomic E-state index is 0.0275.